The summed E-state index contributed by atoms with van der Waals surface area (Å²) in [6, 6.07) is 7.06. The maximum atomic E-state index is 12.6. The monoisotopic (exact) mass is 343 g/mol. The molecule has 0 saturated carbocycles. The zero-order chi connectivity index (χ0) is 17.8. The summed E-state index contributed by atoms with van der Waals surface area (Å²) in [6.45, 7) is 1.17. The number of fused-ring (bicyclic) bond motifs is 1. The van der Waals surface area contributed by atoms with Crippen LogP contribution >= 0.6 is 0 Å². The van der Waals surface area contributed by atoms with Gasteiger partial charge in [0.2, 0.25) is 5.91 Å². The molecule has 1 aliphatic heterocycles. The highest BCUT2D eigenvalue weighted by atomic mass is 16.4. The molecule has 1 fully saturated rings. The van der Waals surface area contributed by atoms with Crippen LogP contribution < -0.4 is 5.56 Å². The Kier molecular flexibility index (Phi) is 5.11. The third-order valence-electron chi connectivity index (χ3n) is 4.68. The van der Waals surface area contributed by atoms with Gasteiger partial charge in [-0.05, 0) is 37.3 Å². The maximum Gasteiger partial charge on any atom is 0.303 e. The summed E-state index contributed by atoms with van der Waals surface area (Å²) < 4.78 is 1.34. The minimum atomic E-state index is -0.808. The first-order chi connectivity index (χ1) is 12.0. The largest absolute Gasteiger partial charge is 0.481 e. The number of hydrogen-bond donors (Lipinski definition) is 1. The number of rotatable bonds is 5. The molecule has 7 heteroatoms. The second-order valence-electron chi connectivity index (χ2n) is 6.48. The lowest BCUT2D eigenvalue weighted by molar-refractivity contribution is -0.137. The van der Waals surface area contributed by atoms with E-state index in [-0.39, 0.29) is 30.3 Å². The predicted molar refractivity (Wildman–Crippen MR) is 92.2 cm³/mol. The molecular weight excluding hydrogens is 322 g/mol. The molecule has 25 heavy (non-hydrogen) atoms. The molecule has 3 rings (SSSR count). The van der Waals surface area contributed by atoms with E-state index in [4.69, 9.17) is 5.11 Å². The Hall–Kier alpha value is -2.70. The van der Waals surface area contributed by atoms with Gasteiger partial charge < -0.3 is 10.0 Å². The highest BCUT2D eigenvalue weighted by Crippen LogP contribution is 2.21. The zero-order valence-electron chi connectivity index (χ0n) is 13.9. The van der Waals surface area contributed by atoms with Gasteiger partial charge in [-0.3, -0.25) is 19.0 Å². The first-order valence-electron chi connectivity index (χ1n) is 8.48. The van der Waals surface area contributed by atoms with Crippen molar-refractivity contribution < 1.29 is 14.7 Å². The molecular formula is C18H21N3O4. The van der Waals surface area contributed by atoms with Crippen molar-refractivity contribution in [3.63, 3.8) is 0 Å². The van der Waals surface area contributed by atoms with Crippen LogP contribution in [0.3, 0.4) is 0 Å². The second-order valence-corrected chi connectivity index (χ2v) is 6.48. The number of nitrogens with zero attached hydrogens (tertiary/aromatic N) is 3. The Balaban J connectivity index is 1.68. The molecule has 2 aromatic rings. The van der Waals surface area contributed by atoms with Crippen LogP contribution in [0.4, 0.5) is 0 Å². The van der Waals surface area contributed by atoms with Crippen molar-refractivity contribution in [2.24, 2.45) is 5.92 Å². The quantitative estimate of drug-likeness (QED) is 0.888. The van der Waals surface area contributed by atoms with Crippen molar-refractivity contribution in [2.45, 2.75) is 32.2 Å². The number of para-hydroxylation sites is 1. The first-order valence-corrected chi connectivity index (χ1v) is 8.48. The Bertz CT molecular complexity index is 846. The van der Waals surface area contributed by atoms with Crippen molar-refractivity contribution in [3.05, 3.63) is 40.9 Å². The van der Waals surface area contributed by atoms with E-state index in [0.29, 0.717) is 30.4 Å². The van der Waals surface area contributed by atoms with Crippen LogP contribution in [-0.4, -0.2) is 44.5 Å². The van der Waals surface area contributed by atoms with Crippen molar-refractivity contribution in [1.82, 2.24) is 14.5 Å². The van der Waals surface area contributed by atoms with Gasteiger partial charge in [0, 0.05) is 19.5 Å². The standard InChI is InChI=1S/C18H21N3O4/c22-16(20-9-3-4-13(10-20)7-8-17(23)24)11-21-12-19-15-6-2-1-5-14(15)18(21)25/h1-2,5-6,12-13H,3-4,7-11H2,(H,23,24)/t13-/m1/s1. The number of piperidine rings is 1. The fraction of sp³-hybridized carbons (Fsp3) is 0.444. The lowest BCUT2D eigenvalue weighted by Crippen LogP contribution is -2.42. The van der Waals surface area contributed by atoms with Crippen LogP contribution in [0.1, 0.15) is 25.7 Å². The molecule has 7 nitrogen and oxygen atoms in total. The van der Waals surface area contributed by atoms with E-state index >= 15 is 0 Å². The third-order valence-corrected chi connectivity index (χ3v) is 4.68. The van der Waals surface area contributed by atoms with E-state index in [9.17, 15) is 14.4 Å². The number of carboxylic acids is 1. The number of likely N-dealkylation sites (tertiary alicyclic amines) is 1. The molecule has 0 bridgehead atoms. The van der Waals surface area contributed by atoms with Crippen LogP contribution in [0.5, 0.6) is 0 Å². The molecule has 1 saturated heterocycles. The SMILES string of the molecule is O=C(O)CC[C@H]1CCCN(C(=O)Cn2cnc3ccccc3c2=O)C1. The lowest BCUT2D eigenvalue weighted by Gasteiger charge is -2.32. The Morgan fingerprint density at radius 3 is 2.88 bits per heavy atom. The molecule has 0 radical (unpaired) electrons. The fourth-order valence-corrected chi connectivity index (χ4v) is 3.32. The number of carbonyl (C=O) groups is 2. The minimum Gasteiger partial charge on any atom is -0.481 e. The first kappa shape index (κ1) is 17.1. The topological polar surface area (TPSA) is 92.5 Å². The maximum absolute atomic E-state index is 12.6. The van der Waals surface area contributed by atoms with Gasteiger partial charge in [-0.15, -0.1) is 0 Å². The molecule has 1 aromatic heterocycles. The molecule has 1 N–H and O–H groups in total. The fourth-order valence-electron chi connectivity index (χ4n) is 3.32. The average Bonchev–Trinajstić information content (AvgIpc) is 2.62. The summed E-state index contributed by atoms with van der Waals surface area (Å²) in [4.78, 5) is 41.7. The summed E-state index contributed by atoms with van der Waals surface area (Å²) in [6.07, 6.45) is 3.92. The molecule has 1 atom stereocenters. The summed E-state index contributed by atoms with van der Waals surface area (Å²) in [5.41, 5.74) is 0.390. The number of aliphatic carboxylic acids is 1. The molecule has 1 amide bonds. The van der Waals surface area contributed by atoms with Crippen LogP contribution in [0, 0.1) is 5.92 Å². The smallest absolute Gasteiger partial charge is 0.303 e. The van der Waals surface area contributed by atoms with Crippen molar-refractivity contribution in [1.29, 1.82) is 0 Å². The average molecular weight is 343 g/mol. The number of aromatic nitrogens is 2. The molecule has 0 unspecified atom stereocenters. The van der Waals surface area contributed by atoms with E-state index in [1.807, 2.05) is 6.07 Å². The summed E-state index contributed by atoms with van der Waals surface area (Å²) in [5.74, 6) is -0.725. The molecule has 2 heterocycles. The third kappa shape index (κ3) is 4.04. The van der Waals surface area contributed by atoms with Crippen molar-refractivity contribution in [3.8, 4) is 0 Å². The van der Waals surface area contributed by atoms with Gasteiger partial charge >= 0.3 is 5.97 Å². The van der Waals surface area contributed by atoms with Gasteiger partial charge in [-0.1, -0.05) is 12.1 Å². The van der Waals surface area contributed by atoms with E-state index in [0.717, 1.165) is 12.8 Å². The van der Waals surface area contributed by atoms with Gasteiger partial charge in [0.1, 0.15) is 6.54 Å². The molecule has 1 aromatic carbocycles. The van der Waals surface area contributed by atoms with Crippen LogP contribution in [0.2, 0.25) is 0 Å². The number of carboxylic acid groups (broad SMARTS) is 1. The van der Waals surface area contributed by atoms with Crippen molar-refractivity contribution in [2.75, 3.05) is 13.1 Å². The van der Waals surface area contributed by atoms with Crippen LogP contribution in [0.25, 0.3) is 10.9 Å². The van der Waals surface area contributed by atoms with Gasteiger partial charge in [0.25, 0.3) is 5.56 Å². The summed E-state index contributed by atoms with van der Waals surface area (Å²) in [5, 5.41) is 9.30. The Morgan fingerprint density at radius 2 is 2.08 bits per heavy atom. The van der Waals surface area contributed by atoms with Gasteiger partial charge in [-0.2, -0.15) is 0 Å². The van der Waals surface area contributed by atoms with E-state index in [1.54, 1.807) is 23.1 Å². The van der Waals surface area contributed by atoms with Gasteiger partial charge in [0.05, 0.1) is 17.2 Å². The van der Waals surface area contributed by atoms with E-state index in [2.05, 4.69) is 4.98 Å². The normalized spacial score (nSPS) is 17.6. The Labute approximate surface area is 144 Å². The molecule has 0 spiro atoms. The number of amides is 1. The Morgan fingerprint density at radius 1 is 1.28 bits per heavy atom. The number of hydrogen-bond acceptors (Lipinski definition) is 4. The van der Waals surface area contributed by atoms with Crippen molar-refractivity contribution >= 4 is 22.8 Å². The molecule has 132 valence electrons. The molecule has 1 aliphatic rings. The zero-order valence-corrected chi connectivity index (χ0v) is 13.9. The van der Waals surface area contributed by atoms with E-state index < -0.39 is 5.97 Å². The predicted octanol–water partition coefficient (Wildman–Crippen LogP) is 1.50. The van der Waals surface area contributed by atoms with Crippen LogP contribution in [-0.2, 0) is 16.1 Å². The highest BCUT2D eigenvalue weighted by Gasteiger charge is 2.24. The summed E-state index contributed by atoms with van der Waals surface area (Å²) in [7, 11) is 0. The lowest BCUT2D eigenvalue weighted by atomic mass is 9.93. The molecule has 0 aliphatic carbocycles. The number of carbonyl (C=O) groups excluding carboxylic acids is 1. The minimum absolute atomic E-state index is 0.0394. The van der Waals surface area contributed by atoms with Crippen LogP contribution in [0.15, 0.2) is 35.4 Å². The second kappa shape index (κ2) is 7.46. The van der Waals surface area contributed by atoms with Gasteiger partial charge in [0.15, 0.2) is 0 Å². The van der Waals surface area contributed by atoms with E-state index in [1.165, 1.54) is 10.9 Å². The number of benzene rings is 1. The highest BCUT2D eigenvalue weighted by molar-refractivity contribution is 5.79. The van der Waals surface area contributed by atoms with Gasteiger partial charge in [-0.25, -0.2) is 4.98 Å². The summed E-state index contributed by atoms with van der Waals surface area (Å²) >= 11 is 0.